The largest absolute Gasteiger partial charge is 0.308 e. The lowest BCUT2D eigenvalue weighted by molar-refractivity contribution is -0.121. The number of rotatable bonds is 7. The second kappa shape index (κ2) is 7.02. The topological polar surface area (TPSA) is 23.6 Å². The molecular weight excluding hydrogens is 200 g/mol. The number of carbonyl (C=O) groups excluding carboxylic acids is 1. The van der Waals surface area contributed by atoms with Gasteiger partial charge < -0.3 is 9.80 Å². The molecule has 0 aromatic rings. The fourth-order valence-corrected chi connectivity index (χ4v) is 2.34. The molecule has 0 aromatic heterocycles. The summed E-state index contributed by atoms with van der Waals surface area (Å²) in [6, 6.07) is 0. The zero-order valence-electron chi connectivity index (χ0n) is 11.0. The molecule has 0 amide bonds. The lowest BCUT2D eigenvalue weighted by Gasteiger charge is -2.25. The molecule has 1 saturated carbocycles. The summed E-state index contributed by atoms with van der Waals surface area (Å²) in [6.45, 7) is 6.49. The van der Waals surface area contributed by atoms with Crippen LogP contribution in [0, 0.1) is 5.92 Å². The number of Topliss-reactive ketones (excluding diaryl/α,β-unsaturated/α-hetero) is 1. The Morgan fingerprint density at radius 3 is 2.50 bits per heavy atom. The van der Waals surface area contributed by atoms with Gasteiger partial charge in [0.25, 0.3) is 0 Å². The van der Waals surface area contributed by atoms with Crippen molar-refractivity contribution in [3.63, 3.8) is 0 Å². The summed E-state index contributed by atoms with van der Waals surface area (Å²) < 4.78 is 0. The molecule has 1 aliphatic rings. The minimum Gasteiger partial charge on any atom is -0.308 e. The van der Waals surface area contributed by atoms with Crippen molar-refractivity contribution in [3.05, 3.63) is 0 Å². The standard InChI is InChI=1S/C13H26N2O/c1-4-8-15(10-9-14(2)3)11-12-6-5-7-13(12)16/h12H,4-11H2,1-3H3. The minimum atomic E-state index is 0.328. The van der Waals surface area contributed by atoms with Crippen molar-refractivity contribution in [2.24, 2.45) is 5.92 Å². The van der Waals surface area contributed by atoms with E-state index in [1.54, 1.807) is 0 Å². The van der Waals surface area contributed by atoms with Crippen LogP contribution in [-0.4, -0.2) is 55.9 Å². The molecule has 1 rings (SSSR count). The maximum absolute atomic E-state index is 11.6. The van der Waals surface area contributed by atoms with Gasteiger partial charge in [0.05, 0.1) is 0 Å². The van der Waals surface area contributed by atoms with Crippen LogP contribution in [0.5, 0.6) is 0 Å². The molecule has 0 N–H and O–H groups in total. The van der Waals surface area contributed by atoms with Crippen LogP contribution < -0.4 is 0 Å². The Kier molecular flexibility index (Phi) is 5.99. The summed E-state index contributed by atoms with van der Waals surface area (Å²) in [5.41, 5.74) is 0. The number of carbonyl (C=O) groups is 1. The van der Waals surface area contributed by atoms with Crippen molar-refractivity contribution in [1.29, 1.82) is 0 Å². The third-order valence-electron chi connectivity index (χ3n) is 3.31. The highest BCUT2D eigenvalue weighted by molar-refractivity contribution is 5.83. The van der Waals surface area contributed by atoms with Crippen molar-refractivity contribution >= 4 is 5.78 Å². The summed E-state index contributed by atoms with van der Waals surface area (Å²) in [7, 11) is 4.20. The summed E-state index contributed by atoms with van der Waals surface area (Å²) in [5, 5.41) is 0. The van der Waals surface area contributed by atoms with E-state index in [9.17, 15) is 4.79 Å². The van der Waals surface area contributed by atoms with E-state index in [-0.39, 0.29) is 0 Å². The fraction of sp³-hybridized carbons (Fsp3) is 0.923. The smallest absolute Gasteiger partial charge is 0.137 e. The third kappa shape index (κ3) is 4.62. The molecule has 1 unspecified atom stereocenters. The number of hydrogen-bond acceptors (Lipinski definition) is 3. The molecule has 1 fully saturated rings. The average molecular weight is 226 g/mol. The first-order valence-corrected chi connectivity index (χ1v) is 6.53. The van der Waals surface area contributed by atoms with E-state index < -0.39 is 0 Å². The van der Waals surface area contributed by atoms with Gasteiger partial charge in [0, 0.05) is 32.0 Å². The first-order chi connectivity index (χ1) is 7.63. The summed E-state index contributed by atoms with van der Waals surface area (Å²) >= 11 is 0. The van der Waals surface area contributed by atoms with Crippen LogP contribution in [0.25, 0.3) is 0 Å². The first-order valence-electron chi connectivity index (χ1n) is 6.53. The van der Waals surface area contributed by atoms with Crippen LogP contribution in [0.1, 0.15) is 32.6 Å². The fourth-order valence-electron chi connectivity index (χ4n) is 2.34. The van der Waals surface area contributed by atoms with E-state index in [4.69, 9.17) is 0 Å². The Bertz CT molecular complexity index is 216. The predicted molar refractivity (Wildman–Crippen MR) is 67.6 cm³/mol. The normalized spacial score (nSPS) is 21.3. The highest BCUT2D eigenvalue weighted by Gasteiger charge is 2.25. The maximum atomic E-state index is 11.6. The highest BCUT2D eigenvalue weighted by Crippen LogP contribution is 2.22. The number of likely N-dealkylation sites (N-methyl/N-ethyl adjacent to an activating group) is 1. The van der Waals surface area contributed by atoms with Crippen LogP contribution >= 0.6 is 0 Å². The second-order valence-electron chi connectivity index (χ2n) is 5.16. The van der Waals surface area contributed by atoms with Crippen molar-refractivity contribution in [3.8, 4) is 0 Å². The molecular formula is C13H26N2O. The number of nitrogens with zero attached hydrogens (tertiary/aromatic N) is 2. The average Bonchev–Trinajstić information content (AvgIpc) is 2.61. The highest BCUT2D eigenvalue weighted by atomic mass is 16.1. The molecule has 1 atom stereocenters. The minimum absolute atomic E-state index is 0.328. The second-order valence-corrected chi connectivity index (χ2v) is 5.16. The molecule has 3 nitrogen and oxygen atoms in total. The van der Waals surface area contributed by atoms with Crippen molar-refractivity contribution < 1.29 is 4.79 Å². The SMILES string of the molecule is CCCN(CCN(C)C)CC1CCCC1=O. The van der Waals surface area contributed by atoms with Crippen molar-refractivity contribution in [1.82, 2.24) is 9.80 Å². The van der Waals surface area contributed by atoms with Crippen molar-refractivity contribution in [2.75, 3.05) is 40.3 Å². The monoisotopic (exact) mass is 226 g/mol. The summed E-state index contributed by atoms with van der Waals surface area (Å²) in [5.74, 6) is 0.819. The van der Waals surface area contributed by atoms with Crippen LogP contribution in [-0.2, 0) is 4.79 Å². The van der Waals surface area contributed by atoms with Crippen LogP contribution in [0.4, 0.5) is 0 Å². The Morgan fingerprint density at radius 2 is 2.00 bits per heavy atom. The van der Waals surface area contributed by atoms with Crippen LogP contribution in [0.2, 0.25) is 0 Å². The molecule has 0 heterocycles. The molecule has 1 aliphatic carbocycles. The van der Waals surface area contributed by atoms with E-state index in [1.165, 1.54) is 6.42 Å². The molecule has 94 valence electrons. The first kappa shape index (κ1) is 13.7. The Morgan fingerprint density at radius 1 is 1.25 bits per heavy atom. The van der Waals surface area contributed by atoms with Gasteiger partial charge in [0.2, 0.25) is 0 Å². The van der Waals surface area contributed by atoms with Gasteiger partial charge in [0.1, 0.15) is 5.78 Å². The number of ketones is 1. The molecule has 16 heavy (non-hydrogen) atoms. The molecule has 3 heteroatoms. The Balaban J connectivity index is 2.34. The molecule has 0 aromatic carbocycles. The van der Waals surface area contributed by atoms with E-state index in [1.807, 2.05) is 0 Å². The maximum Gasteiger partial charge on any atom is 0.137 e. The molecule has 0 spiro atoms. The predicted octanol–water partition coefficient (Wildman–Crippen LogP) is 1.63. The van der Waals surface area contributed by atoms with Crippen LogP contribution in [0.15, 0.2) is 0 Å². The van der Waals surface area contributed by atoms with Gasteiger partial charge in [-0.1, -0.05) is 6.92 Å². The third-order valence-corrected chi connectivity index (χ3v) is 3.31. The molecule has 0 saturated heterocycles. The van der Waals surface area contributed by atoms with E-state index >= 15 is 0 Å². The zero-order chi connectivity index (χ0) is 12.0. The van der Waals surface area contributed by atoms with Gasteiger partial charge in [-0.25, -0.2) is 0 Å². The van der Waals surface area contributed by atoms with E-state index in [0.717, 1.165) is 45.4 Å². The lowest BCUT2D eigenvalue weighted by Crippen LogP contribution is -2.36. The van der Waals surface area contributed by atoms with Crippen LogP contribution in [0.3, 0.4) is 0 Å². The zero-order valence-corrected chi connectivity index (χ0v) is 11.0. The van der Waals surface area contributed by atoms with Gasteiger partial charge in [-0.05, 0) is 39.9 Å². The van der Waals surface area contributed by atoms with Gasteiger partial charge in [-0.2, -0.15) is 0 Å². The van der Waals surface area contributed by atoms with Gasteiger partial charge in [0.15, 0.2) is 0 Å². The van der Waals surface area contributed by atoms with Gasteiger partial charge in [-0.15, -0.1) is 0 Å². The summed E-state index contributed by atoms with van der Waals surface area (Å²) in [6.07, 6.45) is 4.21. The van der Waals surface area contributed by atoms with E-state index in [0.29, 0.717) is 11.7 Å². The van der Waals surface area contributed by atoms with E-state index in [2.05, 4.69) is 30.8 Å². The Hall–Kier alpha value is -0.410. The molecule has 0 aliphatic heterocycles. The number of hydrogen-bond donors (Lipinski definition) is 0. The Labute approximate surface area is 99.8 Å². The quantitative estimate of drug-likeness (QED) is 0.659. The molecule has 0 radical (unpaired) electrons. The van der Waals surface area contributed by atoms with Gasteiger partial charge >= 0.3 is 0 Å². The lowest BCUT2D eigenvalue weighted by atomic mass is 10.1. The van der Waals surface area contributed by atoms with Crippen molar-refractivity contribution in [2.45, 2.75) is 32.6 Å². The van der Waals surface area contributed by atoms with Gasteiger partial charge in [-0.3, -0.25) is 4.79 Å². The molecule has 0 bridgehead atoms. The summed E-state index contributed by atoms with van der Waals surface area (Å²) in [4.78, 5) is 16.3.